The van der Waals surface area contributed by atoms with Crippen molar-refractivity contribution in [3.05, 3.63) is 17.8 Å². The van der Waals surface area contributed by atoms with Crippen molar-refractivity contribution in [2.75, 3.05) is 25.2 Å². The lowest BCUT2D eigenvalue weighted by Gasteiger charge is -2.27. The molecule has 0 aliphatic carbocycles. The standard InChI is InChI=1S/C12H13N3O3S/c1-15(9-5-18-4-7(9)12(16)17)11-10-8(2-3-19-10)13-6-14-11/h2-3,6-7,9H,4-5H2,1H3,(H,16,17). The summed E-state index contributed by atoms with van der Waals surface area (Å²) in [6.45, 7) is 0.660. The Balaban J connectivity index is 1.97. The maximum Gasteiger partial charge on any atom is 0.311 e. The molecule has 2 aromatic heterocycles. The minimum atomic E-state index is -0.828. The van der Waals surface area contributed by atoms with Crippen molar-refractivity contribution in [3.8, 4) is 0 Å². The van der Waals surface area contributed by atoms with Crippen LogP contribution in [0.25, 0.3) is 10.2 Å². The minimum absolute atomic E-state index is 0.197. The highest BCUT2D eigenvalue weighted by Gasteiger charge is 2.37. The van der Waals surface area contributed by atoms with Crippen LogP contribution in [0.4, 0.5) is 5.82 Å². The minimum Gasteiger partial charge on any atom is -0.481 e. The summed E-state index contributed by atoms with van der Waals surface area (Å²) in [5, 5.41) is 11.2. The fourth-order valence-electron chi connectivity index (χ4n) is 2.34. The largest absolute Gasteiger partial charge is 0.481 e. The first-order valence-electron chi connectivity index (χ1n) is 5.90. The van der Waals surface area contributed by atoms with Crippen LogP contribution in [0.3, 0.4) is 0 Å². The third kappa shape index (κ3) is 2.04. The molecule has 1 fully saturated rings. The molecule has 1 N–H and O–H groups in total. The van der Waals surface area contributed by atoms with Crippen LogP contribution in [0.5, 0.6) is 0 Å². The van der Waals surface area contributed by atoms with Gasteiger partial charge in [0.15, 0.2) is 0 Å². The van der Waals surface area contributed by atoms with Gasteiger partial charge in [0.25, 0.3) is 0 Å². The summed E-state index contributed by atoms with van der Waals surface area (Å²) < 4.78 is 6.28. The molecule has 2 unspecified atom stereocenters. The van der Waals surface area contributed by atoms with Gasteiger partial charge in [0, 0.05) is 7.05 Å². The first-order valence-corrected chi connectivity index (χ1v) is 6.78. The first kappa shape index (κ1) is 12.3. The molecule has 0 radical (unpaired) electrons. The lowest BCUT2D eigenvalue weighted by atomic mass is 10.0. The number of rotatable bonds is 3. The molecule has 19 heavy (non-hydrogen) atoms. The van der Waals surface area contributed by atoms with Crippen LogP contribution in [0.2, 0.25) is 0 Å². The van der Waals surface area contributed by atoms with Gasteiger partial charge in [-0.3, -0.25) is 4.79 Å². The normalized spacial score (nSPS) is 22.8. The molecule has 0 spiro atoms. The Labute approximate surface area is 113 Å². The molecule has 0 aromatic carbocycles. The summed E-state index contributed by atoms with van der Waals surface area (Å²) in [7, 11) is 1.86. The van der Waals surface area contributed by atoms with Crippen molar-refractivity contribution in [3.63, 3.8) is 0 Å². The summed E-state index contributed by atoms with van der Waals surface area (Å²) in [4.78, 5) is 21.6. The summed E-state index contributed by atoms with van der Waals surface area (Å²) in [5.74, 6) is -0.581. The van der Waals surface area contributed by atoms with Gasteiger partial charge in [-0.25, -0.2) is 9.97 Å². The highest BCUT2D eigenvalue weighted by molar-refractivity contribution is 7.17. The summed E-state index contributed by atoms with van der Waals surface area (Å²) in [6.07, 6.45) is 1.51. The van der Waals surface area contributed by atoms with E-state index < -0.39 is 11.9 Å². The second kappa shape index (κ2) is 4.75. The number of carboxylic acid groups (broad SMARTS) is 1. The summed E-state index contributed by atoms with van der Waals surface area (Å²) >= 11 is 1.56. The zero-order valence-corrected chi connectivity index (χ0v) is 11.1. The molecule has 6 nitrogen and oxygen atoms in total. The molecular formula is C12H13N3O3S. The van der Waals surface area contributed by atoms with Crippen molar-refractivity contribution in [1.29, 1.82) is 0 Å². The van der Waals surface area contributed by atoms with Gasteiger partial charge in [-0.2, -0.15) is 0 Å². The van der Waals surface area contributed by atoms with Gasteiger partial charge < -0.3 is 14.7 Å². The van der Waals surface area contributed by atoms with Crippen molar-refractivity contribution < 1.29 is 14.6 Å². The molecule has 1 aliphatic rings. The Hall–Kier alpha value is -1.73. The molecule has 0 bridgehead atoms. The molecule has 7 heteroatoms. The maximum absolute atomic E-state index is 11.2. The van der Waals surface area contributed by atoms with E-state index in [0.29, 0.717) is 6.61 Å². The van der Waals surface area contributed by atoms with Crippen LogP contribution >= 0.6 is 11.3 Å². The fraction of sp³-hybridized carbons (Fsp3) is 0.417. The predicted molar refractivity (Wildman–Crippen MR) is 71.6 cm³/mol. The SMILES string of the molecule is CN(c1ncnc2ccsc12)C1COCC1C(=O)O. The van der Waals surface area contributed by atoms with Crippen LogP contribution in [0.15, 0.2) is 17.8 Å². The van der Waals surface area contributed by atoms with E-state index in [-0.39, 0.29) is 12.6 Å². The Morgan fingerprint density at radius 1 is 1.53 bits per heavy atom. The molecular weight excluding hydrogens is 266 g/mol. The van der Waals surface area contributed by atoms with Crippen LogP contribution in [0.1, 0.15) is 0 Å². The zero-order valence-electron chi connectivity index (χ0n) is 10.3. The number of anilines is 1. The number of hydrogen-bond donors (Lipinski definition) is 1. The van der Waals surface area contributed by atoms with Crippen LogP contribution < -0.4 is 4.90 Å². The number of ether oxygens (including phenoxy) is 1. The number of thiophene rings is 1. The van der Waals surface area contributed by atoms with E-state index in [2.05, 4.69) is 9.97 Å². The Kier molecular flexibility index (Phi) is 3.08. The van der Waals surface area contributed by atoms with E-state index in [1.807, 2.05) is 23.4 Å². The molecule has 3 heterocycles. The molecule has 3 rings (SSSR count). The number of nitrogens with zero attached hydrogens (tertiary/aromatic N) is 3. The molecule has 0 saturated carbocycles. The molecule has 0 amide bonds. The molecule has 100 valence electrons. The number of hydrogen-bond acceptors (Lipinski definition) is 6. The summed E-state index contributed by atoms with van der Waals surface area (Å²) in [5.41, 5.74) is 0.882. The zero-order chi connectivity index (χ0) is 13.4. The average molecular weight is 279 g/mol. The second-order valence-electron chi connectivity index (χ2n) is 4.49. The van der Waals surface area contributed by atoms with Gasteiger partial charge in [-0.15, -0.1) is 11.3 Å². The molecule has 1 aliphatic heterocycles. The smallest absolute Gasteiger partial charge is 0.311 e. The second-order valence-corrected chi connectivity index (χ2v) is 5.41. The Morgan fingerprint density at radius 2 is 2.37 bits per heavy atom. The lowest BCUT2D eigenvalue weighted by molar-refractivity contribution is -0.141. The van der Waals surface area contributed by atoms with Gasteiger partial charge in [0.05, 0.1) is 29.5 Å². The van der Waals surface area contributed by atoms with E-state index in [9.17, 15) is 9.90 Å². The number of fused-ring (bicyclic) bond motifs is 1. The van der Waals surface area contributed by atoms with Crippen LogP contribution in [-0.4, -0.2) is 47.3 Å². The fourth-order valence-corrected chi connectivity index (χ4v) is 3.22. The van der Waals surface area contributed by atoms with E-state index >= 15 is 0 Å². The average Bonchev–Trinajstić information content (AvgIpc) is 3.05. The van der Waals surface area contributed by atoms with Gasteiger partial charge >= 0.3 is 5.97 Å². The number of likely N-dealkylation sites (N-methyl/N-ethyl adjacent to an activating group) is 1. The van der Waals surface area contributed by atoms with Gasteiger partial charge in [-0.1, -0.05) is 0 Å². The number of carboxylic acids is 1. The van der Waals surface area contributed by atoms with Crippen LogP contribution in [0, 0.1) is 5.92 Å². The topological polar surface area (TPSA) is 75.5 Å². The third-order valence-corrected chi connectivity index (χ3v) is 4.32. The Bertz CT molecular complexity index is 615. The van der Waals surface area contributed by atoms with Gasteiger partial charge in [-0.05, 0) is 11.4 Å². The van der Waals surface area contributed by atoms with E-state index in [1.54, 1.807) is 11.3 Å². The Morgan fingerprint density at radius 3 is 3.16 bits per heavy atom. The molecule has 2 atom stereocenters. The maximum atomic E-state index is 11.2. The lowest BCUT2D eigenvalue weighted by Crippen LogP contribution is -2.41. The quantitative estimate of drug-likeness (QED) is 0.910. The van der Waals surface area contributed by atoms with Crippen molar-refractivity contribution >= 4 is 33.3 Å². The highest BCUT2D eigenvalue weighted by Crippen LogP contribution is 2.31. The van der Waals surface area contributed by atoms with Gasteiger partial charge in [0.1, 0.15) is 18.1 Å². The molecule has 2 aromatic rings. The molecule has 1 saturated heterocycles. The van der Waals surface area contributed by atoms with E-state index in [4.69, 9.17) is 4.74 Å². The third-order valence-electron chi connectivity index (χ3n) is 3.42. The van der Waals surface area contributed by atoms with E-state index in [1.165, 1.54) is 6.33 Å². The van der Waals surface area contributed by atoms with Gasteiger partial charge in [0.2, 0.25) is 0 Å². The number of carbonyl (C=O) groups is 1. The van der Waals surface area contributed by atoms with E-state index in [0.717, 1.165) is 16.0 Å². The van der Waals surface area contributed by atoms with Crippen molar-refractivity contribution in [1.82, 2.24) is 9.97 Å². The first-order chi connectivity index (χ1) is 9.18. The monoisotopic (exact) mass is 279 g/mol. The van der Waals surface area contributed by atoms with Crippen molar-refractivity contribution in [2.24, 2.45) is 5.92 Å². The van der Waals surface area contributed by atoms with Crippen molar-refractivity contribution in [2.45, 2.75) is 6.04 Å². The summed E-state index contributed by atoms with van der Waals surface area (Å²) in [6, 6.07) is 1.73. The number of aromatic nitrogens is 2. The number of aliphatic carboxylic acids is 1. The van der Waals surface area contributed by atoms with Crippen LogP contribution in [-0.2, 0) is 9.53 Å². The highest BCUT2D eigenvalue weighted by atomic mass is 32.1. The predicted octanol–water partition coefficient (Wildman–Crippen LogP) is 1.23.